The molecule has 16 heavy (non-hydrogen) atoms. The molecule has 0 radical (unpaired) electrons. The van der Waals surface area contributed by atoms with Crippen molar-refractivity contribution in [2.75, 3.05) is 12.3 Å². The van der Waals surface area contributed by atoms with Crippen LogP contribution in [0.25, 0.3) is 0 Å². The Bertz CT molecular complexity index is 417. The Balaban J connectivity index is 2.02. The Morgan fingerprint density at radius 3 is 3.00 bits per heavy atom. The maximum Gasteiger partial charge on any atom is 0.270 e. The van der Waals surface area contributed by atoms with Gasteiger partial charge in [0.1, 0.15) is 18.3 Å². The number of hydrogen-bond donors (Lipinski definition) is 3. The number of rotatable bonds is 2. The molecule has 1 aromatic rings. The first-order chi connectivity index (χ1) is 7.66. The van der Waals surface area contributed by atoms with E-state index in [1.54, 1.807) is 6.07 Å². The van der Waals surface area contributed by atoms with E-state index in [-0.39, 0.29) is 18.2 Å². The van der Waals surface area contributed by atoms with Crippen molar-refractivity contribution in [3.8, 4) is 0 Å². The van der Waals surface area contributed by atoms with Crippen LogP contribution in [0, 0.1) is 0 Å². The predicted molar refractivity (Wildman–Crippen MR) is 54.0 cm³/mol. The van der Waals surface area contributed by atoms with Crippen LogP contribution in [0.15, 0.2) is 18.3 Å². The average Bonchev–Trinajstić information content (AvgIpc) is 2.65. The SMILES string of the molecule is Nc1ccc(C(=O)N[C@@H]2CONC2=O)nc1. The van der Waals surface area contributed by atoms with Gasteiger partial charge in [0.15, 0.2) is 0 Å². The summed E-state index contributed by atoms with van der Waals surface area (Å²) in [5, 5.41) is 2.49. The summed E-state index contributed by atoms with van der Waals surface area (Å²) < 4.78 is 0. The van der Waals surface area contributed by atoms with Crippen molar-refractivity contribution in [1.82, 2.24) is 15.8 Å². The third-order valence-electron chi connectivity index (χ3n) is 2.06. The summed E-state index contributed by atoms with van der Waals surface area (Å²) in [5.41, 5.74) is 8.25. The van der Waals surface area contributed by atoms with Crippen LogP contribution < -0.4 is 16.5 Å². The smallest absolute Gasteiger partial charge is 0.270 e. The normalized spacial score (nSPS) is 19.2. The fraction of sp³-hybridized carbons (Fsp3) is 0.222. The van der Waals surface area contributed by atoms with Crippen LogP contribution in [0.4, 0.5) is 5.69 Å². The van der Waals surface area contributed by atoms with Gasteiger partial charge in [0.2, 0.25) is 0 Å². The summed E-state index contributed by atoms with van der Waals surface area (Å²) in [6.07, 6.45) is 1.38. The van der Waals surface area contributed by atoms with Gasteiger partial charge in [-0.05, 0) is 12.1 Å². The van der Waals surface area contributed by atoms with E-state index in [2.05, 4.69) is 20.6 Å². The number of nitrogens with zero attached hydrogens (tertiary/aromatic N) is 1. The van der Waals surface area contributed by atoms with Crippen LogP contribution in [0.3, 0.4) is 0 Å². The summed E-state index contributed by atoms with van der Waals surface area (Å²) in [4.78, 5) is 31.2. The van der Waals surface area contributed by atoms with Crippen LogP contribution in [0.1, 0.15) is 10.5 Å². The Kier molecular flexibility index (Phi) is 2.69. The fourth-order valence-electron chi connectivity index (χ4n) is 1.22. The average molecular weight is 222 g/mol. The molecule has 2 rings (SSSR count). The molecule has 0 aliphatic carbocycles. The lowest BCUT2D eigenvalue weighted by Gasteiger charge is -2.07. The fourth-order valence-corrected chi connectivity index (χ4v) is 1.22. The van der Waals surface area contributed by atoms with Gasteiger partial charge in [0.25, 0.3) is 11.8 Å². The number of nitrogens with two attached hydrogens (primary N) is 1. The Labute approximate surface area is 90.9 Å². The molecule has 0 bridgehead atoms. The molecule has 1 fully saturated rings. The second kappa shape index (κ2) is 4.15. The molecule has 4 N–H and O–H groups in total. The van der Waals surface area contributed by atoms with E-state index in [0.717, 1.165) is 0 Å². The van der Waals surface area contributed by atoms with E-state index in [0.29, 0.717) is 5.69 Å². The molecular formula is C9H10N4O3. The molecule has 2 heterocycles. The van der Waals surface area contributed by atoms with Crippen LogP contribution in [-0.2, 0) is 9.63 Å². The molecule has 1 saturated heterocycles. The van der Waals surface area contributed by atoms with Crippen LogP contribution in [0.5, 0.6) is 0 Å². The van der Waals surface area contributed by atoms with Crippen molar-refractivity contribution in [3.63, 3.8) is 0 Å². The summed E-state index contributed by atoms with van der Waals surface area (Å²) in [5.74, 6) is -0.811. The van der Waals surface area contributed by atoms with E-state index in [1.165, 1.54) is 12.3 Å². The highest BCUT2D eigenvalue weighted by molar-refractivity contribution is 5.96. The monoisotopic (exact) mass is 222 g/mol. The first-order valence-corrected chi connectivity index (χ1v) is 4.61. The number of pyridine rings is 1. The molecule has 7 nitrogen and oxygen atoms in total. The molecule has 1 aliphatic heterocycles. The number of aromatic nitrogens is 1. The van der Waals surface area contributed by atoms with Crippen molar-refractivity contribution in [2.24, 2.45) is 0 Å². The van der Waals surface area contributed by atoms with Crippen molar-refractivity contribution in [1.29, 1.82) is 0 Å². The zero-order chi connectivity index (χ0) is 11.5. The molecule has 7 heteroatoms. The number of carbonyl (C=O) groups excluding carboxylic acids is 2. The number of hydroxylamine groups is 1. The molecule has 0 aromatic carbocycles. The van der Waals surface area contributed by atoms with Gasteiger partial charge in [-0.15, -0.1) is 0 Å². The van der Waals surface area contributed by atoms with Gasteiger partial charge in [-0.25, -0.2) is 10.5 Å². The highest BCUT2D eigenvalue weighted by Gasteiger charge is 2.27. The zero-order valence-corrected chi connectivity index (χ0v) is 8.27. The topological polar surface area (TPSA) is 106 Å². The van der Waals surface area contributed by atoms with Crippen molar-refractivity contribution < 1.29 is 14.4 Å². The van der Waals surface area contributed by atoms with Crippen molar-refractivity contribution in [3.05, 3.63) is 24.0 Å². The summed E-state index contributed by atoms with van der Waals surface area (Å²) >= 11 is 0. The highest BCUT2D eigenvalue weighted by Crippen LogP contribution is 2.02. The van der Waals surface area contributed by atoms with Gasteiger partial charge in [-0.1, -0.05) is 0 Å². The third-order valence-corrected chi connectivity index (χ3v) is 2.06. The number of carbonyl (C=O) groups is 2. The molecule has 1 atom stereocenters. The van der Waals surface area contributed by atoms with Gasteiger partial charge in [0.05, 0.1) is 11.9 Å². The number of anilines is 1. The van der Waals surface area contributed by atoms with E-state index in [1.807, 2.05) is 0 Å². The van der Waals surface area contributed by atoms with Crippen LogP contribution in [-0.4, -0.2) is 29.4 Å². The maximum absolute atomic E-state index is 11.6. The number of nitrogens with one attached hydrogen (secondary N) is 2. The quantitative estimate of drug-likeness (QED) is 0.584. The molecular weight excluding hydrogens is 212 g/mol. The van der Waals surface area contributed by atoms with E-state index in [9.17, 15) is 9.59 Å². The molecule has 2 amide bonds. The lowest BCUT2D eigenvalue weighted by atomic mass is 10.2. The van der Waals surface area contributed by atoms with Gasteiger partial charge in [-0.3, -0.25) is 14.4 Å². The van der Waals surface area contributed by atoms with Gasteiger partial charge < -0.3 is 11.1 Å². The van der Waals surface area contributed by atoms with Crippen LogP contribution in [0.2, 0.25) is 0 Å². The molecule has 0 saturated carbocycles. The second-order valence-corrected chi connectivity index (χ2v) is 3.28. The maximum atomic E-state index is 11.6. The van der Waals surface area contributed by atoms with Crippen LogP contribution >= 0.6 is 0 Å². The second-order valence-electron chi connectivity index (χ2n) is 3.28. The Morgan fingerprint density at radius 1 is 1.62 bits per heavy atom. The first kappa shape index (κ1) is 10.4. The standard InChI is InChI=1S/C9H10N4O3/c10-5-1-2-6(11-3-5)8(14)12-7-4-16-13-9(7)15/h1-3,7H,4,10H2,(H,12,14)(H,13,15)/t7-/m1/s1. The summed E-state index contributed by atoms with van der Waals surface area (Å²) in [6.45, 7) is 0.111. The molecule has 0 spiro atoms. The van der Waals surface area contributed by atoms with E-state index >= 15 is 0 Å². The lowest BCUT2D eigenvalue weighted by Crippen LogP contribution is -2.41. The minimum Gasteiger partial charge on any atom is -0.397 e. The Hall–Kier alpha value is -2.15. The minimum absolute atomic E-state index is 0.111. The highest BCUT2D eigenvalue weighted by atomic mass is 16.7. The first-order valence-electron chi connectivity index (χ1n) is 4.61. The van der Waals surface area contributed by atoms with Gasteiger partial charge >= 0.3 is 0 Å². The predicted octanol–water partition coefficient (Wildman–Crippen LogP) is -1.18. The van der Waals surface area contributed by atoms with Crippen molar-refractivity contribution in [2.45, 2.75) is 6.04 Å². The third kappa shape index (κ3) is 2.09. The van der Waals surface area contributed by atoms with E-state index < -0.39 is 11.9 Å². The Morgan fingerprint density at radius 2 is 2.44 bits per heavy atom. The number of nitrogen functional groups attached to an aromatic ring is 1. The zero-order valence-electron chi connectivity index (χ0n) is 8.27. The molecule has 1 aliphatic rings. The van der Waals surface area contributed by atoms with E-state index in [4.69, 9.17) is 5.73 Å². The summed E-state index contributed by atoms with van der Waals surface area (Å²) in [7, 11) is 0. The molecule has 1 aromatic heterocycles. The number of hydrogen-bond acceptors (Lipinski definition) is 5. The summed E-state index contributed by atoms with van der Waals surface area (Å²) in [6, 6.07) is 2.37. The van der Waals surface area contributed by atoms with Crippen molar-refractivity contribution >= 4 is 17.5 Å². The number of amides is 2. The van der Waals surface area contributed by atoms with Gasteiger partial charge in [-0.2, -0.15) is 0 Å². The van der Waals surface area contributed by atoms with Gasteiger partial charge in [0, 0.05) is 0 Å². The molecule has 84 valence electrons. The lowest BCUT2D eigenvalue weighted by molar-refractivity contribution is -0.125. The largest absolute Gasteiger partial charge is 0.397 e. The minimum atomic E-state index is -0.674. The molecule has 0 unspecified atom stereocenters.